The van der Waals surface area contributed by atoms with Crippen molar-refractivity contribution in [3.63, 3.8) is 0 Å². The van der Waals surface area contributed by atoms with Crippen molar-refractivity contribution >= 4 is 107 Å². The number of carboxylic acids is 1. The molecule has 0 spiro atoms. The number of rotatable bonds is 27. The second kappa shape index (κ2) is 44.6. The van der Waals surface area contributed by atoms with Crippen LogP contribution in [0, 0.1) is 11.8 Å². The summed E-state index contributed by atoms with van der Waals surface area (Å²) in [6, 6.07) is 12.3. The maximum absolute atomic E-state index is 16.7. The summed E-state index contributed by atoms with van der Waals surface area (Å²) in [5.41, 5.74) is 9.06. The number of carbonyl (C=O) groups excluding carboxylic acids is 11. The number of benzene rings is 7. The number of phenols is 3. The third-order valence-corrected chi connectivity index (χ3v) is 25.8. The van der Waals surface area contributed by atoms with Crippen LogP contribution in [0.4, 0.5) is 4.79 Å². The Hall–Kier alpha value is -12.5. The number of primary amides is 1. The number of aldehydes is 2. The minimum Gasteiger partial charge on any atom is -0.508 e. The molecule has 0 saturated carbocycles. The van der Waals surface area contributed by atoms with Crippen molar-refractivity contribution < 1.29 is 156 Å². The quantitative estimate of drug-likeness (QED) is 0.0139. The summed E-state index contributed by atoms with van der Waals surface area (Å²) in [5, 5.41) is 136. The first-order valence-corrected chi connectivity index (χ1v) is 45.6. The van der Waals surface area contributed by atoms with Crippen LogP contribution in [-0.4, -0.2) is 251 Å². The topological polar surface area (TPSA) is 639 Å². The summed E-state index contributed by atoms with van der Waals surface area (Å²) in [7, 11) is 1.10. The molecular weight excluding hydrogens is 1900 g/mol. The number of carboxylic acid groups (broad SMARTS) is 1. The zero-order chi connectivity index (χ0) is 102. The minimum atomic E-state index is -2.50. The fourth-order valence-corrected chi connectivity index (χ4v) is 17.9. The van der Waals surface area contributed by atoms with E-state index in [2.05, 4.69) is 37.2 Å². The molecule has 750 valence electrons. The van der Waals surface area contributed by atoms with E-state index in [1.165, 1.54) is 19.9 Å². The number of fused-ring (bicyclic) bond motifs is 15. The number of esters is 1. The maximum atomic E-state index is 16.7. The molecular formula is C95H107Cl3N10O32. The van der Waals surface area contributed by atoms with Crippen LogP contribution in [0.15, 0.2) is 127 Å². The molecule has 0 unspecified atom stereocenters. The number of phenolic OH excluding ortho intramolecular Hbond substituents is 3. The molecule has 0 aliphatic carbocycles. The number of hydrogen-bond donors (Lipinski definition) is 19. The van der Waals surface area contributed by atoms with Crippen LogP contribution < -0.4 is 62.9 Å². The van der Waals surface area contributed by atoms with Crippen molar-refractivity contribution in [1.29, 1.82) is 0 Å². The Morgan fingerprint density at radius 2 is 1.25 bits per heavy atom. The van der Waals surface area contributed by atoms with Crippen LogP contribution in [0.25, 0.3) is 22.3 Å². The van der Waals surface area contributed by atoms with E-state index in [0.717, 1.165) is 101 Å². The fourth-order valence-electron chi connectivity index (χ4n) is 17.3. The summed E-state index contributed by atoms with van der Waals surface area (Å²) in [6.07, 6.45) is -25.1. The van der Waals surface area contributed by atoms with Crippen molar-refractivity contribution in [3.8, 4) is 68.2 Å². The third-order valence-electron chi connectivity index (χ3n) is 25.0. The molecule has 3 saturated heterocycles. The second-order valence-corrected chi connectivity index (χ2v) is 37.1. The van der Waals surface area contributed by atoms with Gasteiger partial charge in [-0.15, -0.1) is 0 Å². The van der Waals surface area contributed by atoms with Crippen molar-refractivity contribution in [1.82, 2.24) is 42.1 Å². The Kier molecular flexibility index (Phi) is 33.4. The van der Waals surface area contributed by atoms with Crippen LogP contribution in [0.3, 0.4) is 0 Å². The molecule has 42 nitrogen and oxygen atoms in total. The average Bonchev–Trinajstić information content (AvgIpc) is 0.760. The number of halogens is 3. The number of nitrogens with zero attached hydrogens (tertiary/aromatic N) is 1. The lowest BCUT2D eigenvalue weighted by molar-refractivity contribution is -0.334. The van der Waals surface area contributed by atoms with Gasteiger partial charge in [0.1, 0.15) is 108 Å². The molecule has 8 amide bonds. The monoisotopic (exact) mass is 2000 g/mol. The molecule has 0 aromatic heterocycles. The van der Waals surface area contributed by atoms with Gasteiger partial charge in [0.2, 0.25) is 60.2 Å². The first-order valence-electron chi connectivity index (χ1n) is 44.5. The van der Waals surface area contributed by atoms with Gasteiger partial charge >= 0.3 is 18.0 Å². The van der Waals surface area contributed by atoms with Gasteiger partial charge in [0.25, 0.3) is 0 Å². The Bertz CT molecular complexity index is 5820. The van der Waals surface area contributed by atoms with E-state index in [9.17, 15) is 79.8 Å². The van der Waals surface area contributed by atoms with Gasteiger partial charge in [0.05, 0.1) is 53.4 Å². The van der Waals surface area contributed by atoms with E-state index in [1.54, 1.807) is 39.8 Å². The van der Waals surface area contributed by atoms with E-state index < -0.39 is 308 Å². The molecule has 140 heavy (non-hydrogen) atoms. The number of likely N-dealkylation sites (N-methyl/N-ethyl adjacent to an activating group) is 1. The smallest absolute Gasteiger partial charge is 0.413 e. The van der Waals surface area contributed by atoms with Gasteiger partial charge in [-0.2, -0.15) is 0 Å². The molecule has 21 N–H and O–H groups in total. The van der Waals surface area contributed by atoms with Gasteiger partial charge in [-0.25, -0.2) is 9.59 Å². The molecule has 8 heterocycles. The predicted octanol–water partition coefficient (Wildman–Crippen LogP) is 5.03. The van der Waals surface area contributed by atoms with Gasteiger partial charge in [-0.05, 0) is 159 Å². The standard InChI is InChI=1S/C95H107Cl3N10O32/c1-41(2)25-59(108(7)93(130)132-40-131-68(116)10-8-9-45(37-109)38-110)86(123)106-75-77(117)49-18-23-62(56(97)27-49)135-64-29-51-30-65(81(64)140-92-82(79(119)78(118)66(39-111)137-92)139-70-35-95(6,84(121)43(4)134-70)101-36-44-11-13-46(14-12-44)47-15-20-52(96)21-16-47)136-63-24-19-50(28-57(63)98)80(138-69-34-94(5,100)83(120)42(3)133-69)76-90(127)105-74(91(128)129)55-31-53(112)32-61(114)71(55)54-26-48(17-22-60(54)113)72(87(124)107-76)104-88(125)73(51)103-85(122)58(33-67(99)115)102-89(75)126/h11-24,26-32,37-38,41-43,45,58-59,66,69-70,72-80,82-84,92,101,111-114,117-121H,8-10,25,33-36,39-40,100H2,1-7H3,(H2,99,115)(H,102,126)(H,103,122)(H,104,125)(H,105,127)(H,106,123)(H,107,124)(H,128,129)/t42-,43-,58-,59+,66+,69-,70-,72+,73+,74-,75+,76-,77+,78+,79-,80+,82+,83-,84-,92-,94-,95-/m0/s1. The van der Waals surface area contributed by atoms with Crippen LogP contribution in [0.5, 0.6) is 46.0 Å². The van der Waals surface area contributed by atoms with Crippen molar-refractivity contribution in [2.45, 2.75) is 226 Å². The van der Waals surface area contributed by atoms with Crippen LogP contribution in [-0.2, 0) is 92.4 Å². The van der Waals surface area contributed by atoms with Crippen molar-refractivity contribution in [3.05, 3.63) is 176 Å². The lowest BCUT2D eigenvalue weighted by atomic mass is 9.84. The van der Waals surface area contributed by atoms with Gasteiger partial charge in [-0.3, -0.25) is 43.3 Å². The number of aromatic hydroxyl groups is 3. The van der Waals surface area contributed by atoms with E-state index >= 15 is 28.8 Å². The molecule has 3 fully saturated rings. The average molecular weight is 2010 g/mol. The highest BCUT2D eigenvalue weighted by atomic mass is 35.5. The molecule has 7 aromatic rings. The highest BCUT2D eigenvalue weighted by Gasteiger charge is 2.54. The van der Waals surface area contributed by atoms with Crippen LogP contribution >= 0.6 is 34.8 Å². The molecule has 8 aliphatic rings. The SMILES string of the molecule is CC(C)C[C@H](C(=O)N[C@H]1C(=O)N[C@@H](CC(N)=O)C(=O)N[C@H]2C(=O)N[C@H]3C(=O)N[C@H](C(=O)N[C@H](C(=O)O)c4cc(O)cc(O)c4-c4cc3ccc4O)[C@H](O[C@H]3C[C@](C)(N)[C@@H](O)[C@H](C)O3)c3ccc(c(Cl)c3)Oc3cc2cc(c3O[C@@H]2O[C@H](CO)[C@@H](O)[C@H](O)[C@H]2O[C@H]2C[C@](C)(NCc3ccc(-c4ccc(Cl)cc4)cc3)[C@@H](O)[C@H](C)O2)Oc2ccc(cc2Cl)[C@H]1O)N(C)C(=O)OCOC(=O)CCCC(C=O)C=O. The Morgan fingerprint density at radius 3 is 1.86 bits per heavy atom. The zero-order valence-electron chi connectivity index (χ0n) is 76.2. The number of nitrogens with one attached hydrogen (secondary N) is 7. The summed E-state index contributed by atoms with van der Waals surface area (Å²) >= 11 is 20.9. The van der Waals surface area contributed by atoms with Gasteiger partial charge in [0.15, 0.2) is 36.2 Å². The molecule has 22 atom stereocenters. The van der Waals surface area contributed by atoms with Gasteiger partial charge < -0.3 is 157 Å². The van der Waals surface area contributed by atoms with E-state index in [4.69, 9.17) is 93.6 Å². The molecule has 8 aliphatic heterocycles. The Balaban J connectivity index is 0.984. The molecule has 7 aromatic carbocycles. The summed E-state index contributed by atoms with van der Waals surface area (Å²) in [6.45, 7) is 7.53. The highest BCUT2D eigenvalue weighted by molar-refractivity contribution is 6.32. The highest BCUT2D eigenvalue weighted by Crippen LogP contribution is 2.51. The summed E-state index contributed by atoms with van der Waals surface area (Å²) in [5.74, 6) is -19.8. The normalized spacial score (nSPS) is 27.7. The number of ether oxygens (including phenoxy) is 10. The van der Waals surface area contributed by atoms with Crippen LogP contribution in [0.1, 0.15) is 150 Å². The van der Waals surface area contributed by atoms with Gasteiger partial charge in [-0.1, -0.05) is 103 Å². The molecule has 11 bridgehead atoms. The minimum absolute atomic E-state index is 0.0107. The summed E-state index contributed by atoms with van der Waals surface area (Å²) in [4.78, 5) is 173. The largest absolute Gasteiger partial charge is 0.508 e. The molecule has 0 radical (unpaired) electrons. The maximum Gasteiger partial charge on any atom is 0.413 e. The number of aliphatic hydroxyl groups excluding tert-OH is 6. The third kappa shape index (κ3) is 24.0. The van der Waals surface area contributed by atoms with E-state index in [1.807, 2.05) is 36.4 Å². The van der Waals surface area contributed by atoms with E-state index in [0.29, 0.717) is 17.6 Å². The number of carbonyl (C=O) groups is 12. The number of nitrogens with two attached hydrogens (primary N) is 2. The number of aliphatic hydroxyl groups is 6. The van der Waals surface area contributed by atoms with Crippen LogP contribution in [0.2, 0.25) is 15.1 Å². The fraction of sp³-hybridized carbons (Fsp3) is 0.432. The Morgan fingerprint density at radius 1 is 0.650 bits per heavy atom. The summed E-state index contributed by atoms with van der Waals surface area (Å²) < 4.78 is 63.2. The lowest BCUT2D eigenvalue weighted by Crippen LogP contribution is -2.65. The second-order valence-electron chi connectivity index (χ2n) is 35.9. The number of hydrogen-bond acceptors (Lipinski definition) is 33. The predicted molar refractivity (Wildman–Crippen MR) is 491 cm³/mol. The number of amides is 8. The first kappa shape index (κ1) is 105. The lowest BCUT2D eigenvalue weighted by Gasteiger charge is -2.48. The van der Waals surface area contributed by atoms with Gasteiger partial charge in [0, 0.05) is 71.7 Å². The Labute approximate surface area is 814 Å². The van der Waals surface area contributed by atoms with Crippen molar-refractivity contribution in [2.24, 2.45) is 23.3 Å². The zero-order valence-corrected chi connectivity index (χ0v) is 78.5. The molecule has 45 heteroatoms. The first-order chi connectivity index (χ1) is 66.3. The van der Waals surface area contributed by atoms with E-state index in [-0.39, 0.29) is 56.2 Å². The van der Waals surface area contributed by atoms with Crippen molar-refractivity contribution in [2.75, 3.05) is 20.4 Å². The molecule has 15 rings (SSSR count). The number of aliphatic carboxylic acids is 1.